The molecule has 0 radical (unpaired) electrons. The van der Waals surface area contributed by atoms with Crippen LogP contribution >= 0.6 is 0 Å². The van der Waals surface area contributed by atoms with Crippen molar-refractivity contribution < 1.29 is 4.79 Å². The number of aromatic nitrogens is 4. The first-order chi connectivity index (χ1) is 13.0. The highest BCUT2D eigenvalue weighted by Crippen LogP contribution is 2.22. The van der Waals surface area contributed by atoms with Gasteiger partial charge in [0.1, 0.15) is 11.3 Å². The number of benzene rings is 1. The molecule has 0 bridgehead atoms. The molecule has 0 aliphatic carbocycles. The summed E-state index contributed by atoms with van der Waals surface area (Å²) in [6.45, 7) is 4.11. The molecule has 140 valence electrons. The van der Waals surface area contributed by atoms with Crippen LogP contribution in [0.1, 0.15) is 22.6 Å². The number of rotatable bonds is 4. The summed E-state index contributed by atoms with van der Waals surface area (Å²) in [5.74, 6) is 1.01. The van der Waals surface area contributed by atoms with Gasteiger partial charge in [-0.15, -0.1) is 0 Å². The molecule has 1 aliphatic heterocycles. The third-order valence-corrected chi connectivity index (χ3v) is 5.03. The van der Waals surface area contributed by atoms with E-state index in [4.69, 9.17) is 0 Å². The summed E-state index contributed by atoms with van der Waals surface area (Å²) in [6.07, 6.45) is 2.67. The first-order valence-electron chi connectivity index (χ1n) is 9.03. The van der Waals surface area contributed by atoms with E-state index in [1.165, 1.54) is 4.68 Å². The van der Waals surface area contributed by atoms with Gasteiger partial charge in [-0.3, -0.25) is 9.59 Å². The zero-order valence-corrected chi connectivity index (χ0v) is 15.4. The van der Waals surface area contributed by atoms with Gasteiger partial charge in [-0.05, 0) is 31.4 Å². The normalized spacial score (nSPS) is 16.8. The summed E-state index contributed by atoms with van der Waals surface area (Å²) < 4.78 is 1.31. The van der Waals surface area contributed by atoms with Crippen LogP contribution in [-0.2, 0) is 7.05 Å². The second-order valence-corrected chi connectivity index (χ2v) is 7.01. The first-order valence-corrected chi connectivity index (χ1v) is 9.03. The predicted octanol–water partition coefficient (Wildman–Crippen LogP) is 1.22. The zero-order valence-electron chi connectivity index (χ0n) is 15.4. The molecule has 2 aromatic heterocycles. The van der Waals surface area contributed by atoms with Gasteiger partial charge in [-0.25, -0.2) is 9.67 Å². The van der Waals surface area contributed by atoms with Crippen molar-refractivity contribution in [2.24, 2.45) is 13.0 Å². The van der Waals surface area contributed by atoms with E-state index < -0.39 is 0 Å². The Morgan fingerprint density at radius 2 is 2.26 bits per heavy atom. The number of aromatic amines is 1. The van der Waals surface area contributed by atoms with E-state index in [0.29, 0.717) is 23.5 Å². The van der Waals surface area contributed by atoms with E-state index in [0.717, 1.165) is 36.5 Å². The molecular formula is C19H22N6O2. The third kappa shape index (κ3) is 3.42. The zero-order chi connectivity index (χ0) is 19.0. The Balaban J connectivity index is 1.39. The van der Waals surface area contributed by atoms with Crippen LogP contribution in [0.15, 0.2) is 35.3 Å². The molecule has 3 heterocycles. The van der Waals surface area contributed by atoms with Crippen molar-refractivity contribution in [1.29, 1.82) is 0 Å². The summed E-state index contributed by atoms with van der Waals surface area (Å²) in [6, 6.07) is 7.17. The molecule has 1 amide bonds. The summed E-state index contributed by atoms with van der Waals surface area (Å²) in [5.41, 5.74) is 2.87. The number of fused-ring (bicyclic) bond motifs is 1. The van der Waals surface area contributed by atoms with Gasteiger partial charge in [0.15, 0.2) is 0 Å². The largest absolute Gasteiger partial charge is 0.370 e. The molecule has 27 heavy (non-hydrogen) atoms. The molecule has 1 fully saturated rings. The molecule has 3 aromatic rings. The number of nitrogens with one attached hydrogen (secondary N) is 2. The average molecular weight is 366 g/mol. The van der Waals surface area contributed by atoms with Crippen molar-refractivity contribution in [2.45, 2.75) is 13.3 Å². The molecule has 1 aliphatic rings. The quantitative estimate of drug-likeness (QED) is 0.724. The van der Waals surface area contributed by atoms with E-state index in [2.05, 4.69) is 25.3 Å². The number of nitrogens with zero attached hydrogens (tertiary/aromatic N) is 4. The highest BCUT2D eigenvalue weighted by atomic mass is 16.1. The molecule has 8 nitrogen and oxygen atoms in total. The second-order valence-electron chi connectivity index (χ2n) is 7.01. The minimum atomic E-state index is -0.119. The van der Waals surface area contributed by atoms with Crippen molar-refractivity contribution in [3.8, 4) is 0 Å². The number of aryl methyl sites for hydroxylation is 2. The Labute approximate surface area is 156 Å². The van der Waals surface area contributed by atoms with Crippen molar-refractivity contribution in [3.05, 3.63) is 52.2 Å². The maximum Gasteiger partial charge on any atom is 0.268 e. The SMILES string of the molecule is Cc1nc2c(C(=O)NC[C@@H]3CCN(c4cnn(C)c(=O)c4)C3)cccc2[nH]1. The predicted molar refractivity (Wildman–Crippen MR) is 103 cm³/mol. The lowest BCUT2D eigenvalue weighted by molar-refractivity contribution is 0.0950. The minimum absolute atomic E-state index is 0.110. The maximum atomic E-state index is 12.6. The van der Waals surface area contributed by atoms with E-state index in [1.54, 1.807) is 25.4 Å². The van der Waals surface area contributed by atoms with Gasteiger partial charge in [0, 0.05) is 32.7 Å². The molecule has 0 saturated carbocycles. The van der Waals surface area contributed by atoms with Crippen LogP contribution in [0.5, 0.6) is 0 Å². The van der Waals surface area contributed by atoms with Crippen LogP contribution in [-0.4, -0.2) is 45.3 Å². The summed E-state index contributed by atoms with van der Waals surface area (Å²) in [5, 5.41) is 7.11. The van der Waals surface area contributed by atoms with Gasteiger partial charge in [0.2, 0.25) is 0 Å². The summed E-state index contributed by atoms with van der Waals surface area (Å²) in [4.78, 5) is 34.1. The van der Waals surface area contributed by atoms with Crippen LogP contribution in [0.2, 0.25) is 0 Å². The van der Waals surface area contributed by atoms with Gasteiger partial charge < -0.3 is 15.2 Å². The Morgan fingerprint density at radius 1 is 1.41 bits per heavy atom. The lowest BCUT2D eigenvalue weighted by Crippen LogP contribution is -2.31. The smallest absolute Gasteiger partial charge is 0.268 e. The number of hydrogen-bond donors (Lipinski definition) is 2. The molecule has 1 atom stereocenters. The Bertz CT molecular complexity index is 1050. The molecular weight excluding hydrogens is 344 g/mol. The topological polar surface area (TPSA) is 95.9 Å². The number of H-pyrrole nitrogens is 1. The van der Waals surface area contributed by atoms with E-state index >= 15 is 0 Å². The third-order valence-electron chi connectivity index (χ3n) is 5.03. The number of para-hydroxylation sites is 1. The molecule has 8 heteroatoms. The number of anilines is 1. The van der Waals surface area contributed by atoms with Crippen LogP contribution in [0.3, 0.4) is 0 Å². The monoisotopic (exact) mass is 366 g/mol. The Hall–Kier alpha value is -3.16. The summed E-state index contributed by atoms with van der Waals surface area (Å²) >= 11 is 0. The Morgan fingerprint density at radius 3 is 3.07 bits per heavy atom. The van der Waals surface area contributed by atoms with Gasteiger partial charge in [-0.2, -0.15) is 5.10 Å². The molecule has 2 N–H and O–H groups in total. The highest BCUT2D eigenvalue weighted by Gasteiger charge is 2.24. The fourth-order valence-electron chi connectivity index (χ4n) is 3.54. The molecule has 0 unspecified atom stereocenters. The van der Waals surface area contributed by atoms with Gasteiger partial charge in [0.25, 0.3) is 11.5 Å². The highest BCUT2D eigenvalue weighted by molar-refractivity contribution is 6.04. The van der Waals surface area contributed by atoms with Crippen LogP contribution in [0.25, 0.3) is 11.0 Å². The molecule has 0 spiro atoms. The second kappa shape index (κ2) is 6.86. The molecule has 4 rings (SSSR count). The first kappa shape index (κ1) is 17.3. The number of imidazole rings is 1. The lowest BCUT2D eigenvalue weighted by Gasteiger charge is -2.18. The molecule has 1 aromatic carbocycles. The Kier molecular flexibility index (Phi) is 4.39. The average Bonchev–Trinajstić information content (AvgIpc) is 3.27. The fraction of sp³-hybridized carbons (Fsp3) is 0.368. The van der Waals surface area contributed by atoms with Gasteiger partial charge in [0.05, 0.1) is 23.0 Å². The van der Waals surface area contributed by atoms with Crippen LogP contribution < -0.4 is 15.8 Å². The number of hydrogen-bond acceptors (Lipinski definition) is 5. The van der Waals surface area contributed by atoms with E-state index in [1.807, 2.05) is 19.1 Å². The van der Waals surface area contributed by atoms with Crippen molar-refractivity contribution in [1.82, 2.24) is 25.1 Å². The van der Waals surface area contributed by atoms with Crippen molar-refractivity contribution in [2.75, 3.05) is 24.5 Å². The lowest BCUT2D eigenvalue weighted by atomic mass is 10.1. The standard InChI is InChI=1S/C19H22N6O2/c1-12-22-16-5-3-4-15(18(16)23-12)19(27)20-9-13-6-7-25(11-13)14-8-17(26)24(2)21-10-14/h3-5,8,10,13H,6-7,9,11H2,1-2H3,(H,20,27)(H,22,23)/t13-/m0/s1. The van der Waals surface area contributed by atoms with E-state index in [-0.39, 0.29) is 11.5 Å². The van der Waals surface area contributed by atoms with Gasteiger partial charge in [-0.1, -0.05) is 6.07 Å². The van der Waals surface area contributed by atoms with Crippen LogP contribution in [0.4, 0.5) is 5.69 Å². The molecule has 1 saturated heterocycles. The fourth-order valence-corrected chi connectivity index (χ4v) is 3.54. The maximum absolute atomic E-state index is 12.6. The van der Waals surface area contributed by atoms with Gasteiger partial charge >= 0.3 is 0 Å². The minimum Gasteiger partial charge on any atom is -0.370 e. The number of amides is 1. The number of carbonyl (C=O) groups excluding carboxylic acids is 1. The van der Waals surface area contributed by atoms with Crippen LogP contribution in [0, 0.1) is 12.8 Å². The van der Waals surface area contributed by atoms with E-state index in [9.17, 15) is 9.59 Å². The number of carbonyl (C=O) groups is 1. The summed E-state index contributed by atoms with van der Waals surface area (Å²) in [7, 11) is 1.63. The van der Waals surface area contributed by atoms with Crippen molar-refractivity contribution >= 4 is 22.6 Å². The van der Waals surface area contributed by atoms with Crippen molar-refractivity contribution in [3.63, 3.8) is 0 Å².